The van der Waals surface area contributed by atoms with E-state index >= 15 is 0 Å². The molecule has 28 heavy (non-hydrogen) atoms. The second-order valence-corrected chi connectivity index (χ2v) is 8.14. The monoisotopic (exact) mass is 397 g/mol. The van der Waals surface area contributed by atoms with Crippen LogP contribution in [0.25, 0.3) is 11.5 Å². The van der Waals surface area contributed by atoms with Gasteiger partial charge in [-0.1, -0.05) is 29.3 Å². The van der Waals surface area contributed by atoms with Crippen LogP contribution in [-0.4, -0.2) is 22.1 Å². The van der Waals surface area contributed by atoms with E-state index in [2.05, 4.69) is 21.6 Å². The molecule has 1 aliphatic rings. The second-order valence-electron chi connectivity index (χ2n) is 7.08. The van der Waals surface area contributed by atoms with E-state index in [0.29, 0.717) is 16.7 Å². The molecule has 1 unspecified atom stereocenters. The van der Waals surface area contributed by atoms with Crippen LogP contribution in [-0.2, 0) is 4.79 Å². The van der Waals surface area contributed by atoms with E-state index < -0.39 is 5.25 Å². The zero-order chi connectivity index (χ0) is 19.7. The molecule has 0 saturated heterocycles. The maximum Gasteiger partial charge on any atom is 0.277 e. The summed E-state index contributed by atoms with van der Waals surface area (Å²) in [5.41, 5.74) is 3.75. The second kappa shape index (κ2) is 7.75. The molecular formula is C21H20FN3O2S. The van der Waals surface area contributed by atoms with Crippen LogP contribution in [0.2, 0.25) is 0 Å². The molecule has 3 aromatic rings. The van der Waals surface area contributed by atoms with Gasteiger partial charge in [-0.25, -0.2) is 4.39 Å². The maximum atomic E-state index is 13.3. The molecule has 1 aromatic heterocycles. The van der Waals surface area contributed by atoms with Crippen molar-refractivity contribution in [2.45, 2.75) is 43.2 Å². The highest BCUT2D eigenvalue weighted by Gasteiger charge is 2.30. The van der Waals surface area contributed by atoms with Gasteiger partial charge < -0.3 is 9.73 Å². The molecule has 144 valence electrons. The van der Waals surface area contributed by atoms with Gasteiger partial charge in [0.1, 0.15) is 11.1 Å². The number of hydrogen-bond donors (Lipinski definition) is 1. The van der Waals surface area contributed by atoms with Crippen LogP contribution in [0.5, 0.6) is 0 Å². The summed E-state index contributed by atoms with van der Waals surface area (Å²) in [6.07, 6.45) is 1.98. The number of amides is 1. The number of aryl methyl sites for hydroxylation is 2. The van der Waals surface area contributed by atoms with Crippen LogP contribution in [0.4, 0.5) is 4.39 Å². The zero-order valence-corrected chi connectivity index (χ0v) is 16.4. The highest BCUT2D eigenvalue weighted by molar-refractivity contribution is 8.00. The summed E-state index contributed by atoms with van der Waals surface area (Å²) < 4.78 is 19.1. The van der Waals surface area contributed by atoms with Crippen molar-refractivity contribution in [2.75, 3.05) is 0 Å². The number of benzene rings is 2. The highest BCUT2D eigenvalue weighted by atomic mass is 32.2. The fourth-order valence-corrected chi connectivity index (χ4v) is 3.87. The number of carbonyl (C=O) groups is 1. The van der Waals surface area contributed by atoms with E-state index in [4.69, 9.17) is 4.42 Å². The molecule has 0 radical (unpaired) electrons. The molecule has 7 heteroatoms. The third kappa shape index (κ3) is 4.42. The number of nitrogens with one attached hydrogen (secondary N) is 1. The first-order chi connectivity index (χ1) is 13.5. The Labute approximate surface area is 166 Å². The first kappa shape index (κ1) is 18.7. The smallest absolute Gasteiger partial charge is 0.277 e. The number of nitrogens with zero attached hydrogens (tertiary/aromatic N) is 2. The molecule has 1 amide bonds. The molecule has 0 aliphatic heterocycles. The number of hydrogen-bond acceptors (Lipinski definition) is 5. The molecule has 1 saturated carbocycles. The van der Waals surface area contributed by atoms with Gasteiger partial charge in [-0.2, -0.15) is 0 Å². The van der Waals surface area contributed by atoms with Crippen LogP contribution in [0.1, 0.15) is 34.8 Å². The average molecular weight is 397 g/mol. The molecule has 1 heterocycles. The largest absolute Gasteiger partial charge is 0.411 e. The lowest BCUT2D eigenvalue weighted by Gasteiger charge is -2.14. The highest BCUT2D eigenvalue weighted by Crippen LogP contribution is 2.37. The summed E-state index contributed by atoms with van der Waals surface area (Å²) in [6, 6.07) is 12.2. The first-order valence-electron chi connectivity index (χ1n) is 9.12. The van der Waals surface area contributed by atoms with Gasteiger partial charge in [-0.15, -0.1) is 10.2 Å². The summed E-state index contributed by atoms with van der Waals surface area (Å²) in [5.74, 6) is -0.0648. The van der Waals surface area contributed by atoms with E-state index in [1.807, 2.05) is 26.0 Å². The van der Waals surface area contributed by atoms with Gasteiger partial charge >= 0.3 is 0 Å². The lowest BCUT2D eigenvalue weighted by molar-refractivity contribution is -0.120. The Morgan fingerprint density at radius 3 is 2.46 bits per heavy atom. The zero-order valence-electron chi connectivity index (χ0n) is 15.6. The fourth-order valence-electron chi connectivity index (χ4n) is 2.99. The summed E-state index contributed by atoms with van der Waals surface area (Å²) in [6.45, 7) is 4.02. The Hall–Kier alpha value is -2.67. The summed E-state index contributed by atoms with van der Waals surface area (Å²) in [5, 5.41) is 10.9. The van der Waals surface area contributed by atoms with Gasteiger partial charge in [0, 0.05) is 11.6 Å². The van der Waals surface area contributed by atoms with Crippen molar-refractivity contribution in [2.24, 2.45) is 0 Å². The van der Waals surface area contributed by atoms with E-state index in [1.54, 1.807) is 12.1 Å². The molecule has 1 atom stereocenters. The number of aromatic nitrogens is 2. The van der Waals surface area contributed by atoms with Crippen molar-refractivity contribution in [1.29, 1.82) is 0 Å². The normalized spacial score (nSPS) is 14.7. The first-order valence-corrected chi connectivity index (χ1v) is 10.0. The van der Waals surface area contributed by atoms with Gasteiger partial charge in [0.25, 0.3) is 5.22 Å². The summed E-state index contributed by atoms with van der Waals surface area (Å²) in [7, 11) is 0. The lowest BCUT2D eigenvalue weighted by Crippen LogP contribution is -2.29. The molecule has 1 N–H and O–H groups in total. The number of rotatable bonds is 6. The molecule has 4 rings (SSSR count). The summed E-state index contributed by atoms with van der Waals surface area (Å²) >= 11 is 1.17. The number of carbonyl (C=O) groups excluding carboxylic acids is 1. The predicted molar refractivity (Wildman–Crippen MR) is 105 cm³/mol. The molecular weight excluding hydrogens is 377 g/mol. The maximum absolute atomic E-state index is 13.3. The van der Waals surface area contributed by atoms with Gasteiger partial charge in [-0.3, -0.25) is 4.79 Å². The number of halogens is 1. The minimum Gasteiger partial charge on any atom is -0.411 e. The van der Waals surface area contributed by atoms with Gasteiger partial charge in [-0.05, 0) is 68.3 Å². The van der Waals surface area contributed by atoms with E-state index in [0.717, 1.165) is 29.5 Å². The van der Waals surface area contributed by atoms with Gasteiger partial charge in [0.15, 0.2) is 0 Å². The third-order valence-corrected chi connectivity index (χ3v) is 5.52. The Bertz CT molecular complexity index is 979. The predicted octanol–water partition coefficient (Wildman–Crippen LogP) is 4.60. The molecule has 0 bridgehead atoms. The number of thioether (sulfide) groups is 1. The quantitative estimate of drug-likeness (QED) is 0.616. The topological polar surface area (TPSA) is 68.0 Å². The molecule has 1 aliphatic carbocycles. The summed E-state index contributed by atoms with van der Waals surface area (Å²) in [4.78, 5) is 12.7. The Morgan fingerprint density at radius 1 is 1.14 bits per heavy atom. The standard InChI is InChI=1S/C21H20FN3O2S/c1-12-9-13(2)11-15(10-12)20-24-25-21(27-20)28-18(19(26)23-17-7-8-17)14-3-5-16(22)6-4-14/h3-6,9-11,17-18H,7-8H2,1-2H3,(H,23,26). The Kier molecular flexibility index (Phi) is 5.17. The lowest BCUT2D eigenvalue weighted by atomic mass is 10.1. The van der Waals surface area contributed by atoms with Gasteiger partial charge in [0.05, 0.1) is 0 Å². The van der Waals surface area contributed by atoms with Crippen LogP contribution < -0.4 is 5.32 Å². The van der Waals surface area contributed by atoms with E-state index in [9.17, 15) is 9.18 Å². The van der Waals surface area contributed by atoms with Crippen LogP contribution in [0.15, 0.2) is 52.1 Å². The van der Waals surface area contributed by atoms with Crippen LogP contribution in [0.3, 0.4) is 0 Å². The SMILES string of the molecule is Cc1cc(C)cc(-c2nnc(SC(C(=O)NC3CC3)c3ccc(F)cc3)o2)c1. The van der Waals surface area contributed by atoms with Gasteiger partial charge in [0.2, 0.25) is 11.8 Å². The van der Waals surface area contributed by atoms with E-state index in [-0.39, 0.29) is 17.8 Å². The molecule has 1 fully saturated rings. The van der Waals surface area contributed by atoms with E-state index in [1.165, 1.54) is 23.9 Å². The van der Waals surface area contributed by atoms with Crippen molar-refractivity contribution < 1.29 is 13.6 Å². The Balaban J connectivity index is 1.58. The van der Waals surface area contributed by atoms with Crippen molar-refractivity contribution >= 4 is 17.7 Å². The third-order valence-electron chi connectivity index (χ3n) is 4.43. The fraction of sp³-hybridized carbons (Fsp3) is 0.286. The van der Waals surface area contributed by atoms with Crippen molar-refractivity contribution in [3.63, 3.8) is 0 Å². The average Bonchev–Trinajstić information content (AvgIpc) is 3.33. The van der Waals surface area contributed by atoms with Crippen LogP contribution in [0, 0.1) is 19.7 Å². The molecule has 2 aromatic carbocycles. The Morgan fingerprint density at radius 2 is 1.82 bits per heavy atom. The minimum atomic E-state index is -0.589. The van der Waals surface area contributed by atoms with Crippen molar-refractivity contribution in [3.05, 3.63) is 65.0 Å². The van der Waals surface area contributed by atoms with Crippen molar-refractivity contribution in [3.8, 4) is 11.5 Å². The van der Waals surface area contributed by atoms with Crippen molar-refractivity contribution in [1.82, 2.24) is 15.5 Å². The molecule has 0 spiro atoms. The minimum absolute atomic E-state index is 0.134. The van der Waals surface area contributed by atoms with Crippen LogP contribution >= 0.6 is 11.8 Å². The molecule has 5 nitrogen and oxygen atoms in total.